The molecule has 13 heteroatoms. The zero-order valence-corrected chi connectivity index (χ0v) is 22.3. The molecule has 0 saturated carbocycles. The van der Waals surface area contributed by atoms with Crippen molar-refractivity contribution in [2.45, 2.75) is 24.2 Å². The van der Waals surface area contributed by atoms with Crippen LogP contribution >= 0.6 is 0 Å². The third kappa shape index (κ3) is 6.20. The molecule has 0 aliphatic carbocycles. The number of hydrogen-bond acceptors (Lipinski definition) is 8. The molecule has 1 heterocycles. The molecule has 1 fully saturated rings. The number of carbonyl (C=O) groups excluding carboxylic acids is 1. The second kappa shape index (κ2) is 11.4. The van der Waals surface area contributed by atoms with Crippen molar-refractivity contribution in [2.75, 3.05) is 56.8 Å². The smallest absolute Gasteiger partial charge is 0.245 e. The number of anilines is 2. The normalized spacial score (nSPS) is 14.7. The minimum atomic E-state index is -3.92. The fourth-order valence-corrected chi connectivity index (χ4v) is 6.29. The van der Waals surface area contributed by atoms with Gasteiger partial charge in [-0.15, -0.1) is 0 Å². The van der Waals surface area contributed by atoms with Crippen molar-refractivity contribution in [3.8, 4) is 17.2 Å². The number of ether oxygens (including phenoxy) is 3. The number of benzene rings is 2. The lowest BCUT2D eigenvalue weighted by Gasteiger charge is -2.26. The summed E-state index contributed by atoms with van der Waals surface area (Å²) in [6.07, 6.45) is 3.51. The van der Waals surface area contributed by atoms with Gasteiger partial charge in [0, 0.05) is 19.2 Å². The number of amides is 1. The van der Waals surface area contributed by atoms with Crippen LogP contribution in [0, 0.1) is 0 Å². The Hall–Kier alpha value is -3.03. The summed E-state index contributed by atoms with van der Waals surface area (Å²) in [5.74, 6) is 0.111. The van der Waals surface area contributed by atoms with Crippen LogP contribution in [-0.2, 0) is 24.8 Å². The van der Waals surface area contributed by atoms with E-state index < -0.39 is 32.5 Å². The van der Waals surface area contributed by atoms with Crippen LogP contribution in [0.3, 0.4) is 0 Å². The second-order valence-corrected chi connectivity index (χ2v) is 12.0. The van der Waals surface area contributed by atoms with Crippen molar-refractivity contribution in [3.63, 3.8) is 0 Å². The molecule has 0 atom stereocenters. The van der Waals surface area contributed by atoms with Gasteiger partial charge in [0.1, 0.15) is 23.8 Å². The number of nitrogens with zero attached hydrogens (tertiary/aromatic N) is 2. The Bertz CT molecular complexity index is 1310. The van der Waals surface area contributed by atoms with Crippen LogP contribution in [0.4, 0.5) is 11.4 Å². The van der Waals surface area contributed by atoms with Crippen LogP contribution in [0.2, 0.25) is 0 Å². The maximum Gasteiger partial charge on any atom is 0.245 e. The van der Waals surface area contributed by atoms with E-state index in [1.54, 1.807) is 6.07 Å². The van der Waals surface area contributed by atoms with E-state index in [4.69, 9.17) is 14.2 Å². The first-order chi connectivity index (χ1) is 17.0. The lowest BCUT2D eigenvalue weighted by atomic mass is 10.2. The molecule has 1 amide bonds. The quantitative estimate of drug-likeness (QED) is 0.485. The van der Waals surface area contributed by atoms with Gasteiger partial charge < -0.3 is 19.5 Å². The first-order valence-corrected chi connectivity index (χ1v) is 14.5. The Balaban J connectivity index is 1.91. The highest BCUT2D eigenvalue weighted by Crippen LogP contribution is 2.34. The SMILES string of the molecule is COc1ccc(OC)c(N(CC(=O)Nc2cc(S(=O)(=O)N3CCCCC3)ccc2OC)S(C)(=O)=O)c1. The molecule has 2 aromatic rings. The van der Waals surface area contributed by atoms with Crippen LogP contribution in [0.1, 0.15) is 19.3 Å². The van der Waals surface area contributed by atoms with Crippen molar-refractivity contribution in [3.05, 3.63) is 36.4 Å². The predicted molar refractivity (Wildman–Crippen MR) is 136 cm³/mol. The van der Waals surface area contributed by atoms with Gasteiger partial charge in [-0.2, -0.15) is 4.31 Å². The Labute approximate surface area is 212 Å². The molecule has 2 aromatic carbocycles. The van der Waals surface area contributed by atoms with Gasteiger partial charge in [0.2, 0.25) is 26.0 Å². The molecule has 1 N–H and O–H groups in total. The monoisotopic (exact) mass is 541 g/mol. The van der Waals surface area contributed by atoms with Crippen LogP contribution in [0.15, 0.2) is 41.3 Å². The van der Waals surface area contributed by atoms with E-state index in [1.807, 2.05) is 0 Å². The van der Waals surface area contributed by atoms with Gasteiger partial charge in [-0.05, 0) is 43.2 Å². The Morgan fingerprint density at radius 2 is 1.56 bits per heavy atom. The van der Waals surface area contributed by atoms with Crippen molar-refractivity contribution in [1.82, 2.24) is 4.31 Å². The number of rotatable bonds is 10. The Morgan fingerprint density at radius 1 is 0.917 bits per heavy atom. The van der Waals surface area contributed by atoms with Crippen LogP contribution in [-0.4, -0.2) is 74.3 Å². The summed E-state index contributed by atoms with van der Waals surface area (Å²) in [5, 5.41) is 2.59. The summed E-state index contributed by atoms with van der Waals surface area (Å²) in [6, 6.07) is 8.76. The molecule has 0 spiro atoms. The number of sulfonamides is 2. The van der Waals surface area contributed by atoms with Gasteiger partial charge in [0.25, 0.3) is 0 Å². The number of piperidine rings is 1. The van der Waals surface area contributed by atoms with Gasteiger partial charge in [-0.1, -0.05) is 6.42 Å². The average Bonchev–Trinajstić information content (AvgIpc) is 2.86. The molecule has 1 aliphatic rings. The summed E-state index contributed by atoms with van der Waals surface area (Å²) in [4.78, 5) is 13.0. The number of hydrogen-bond donors (Lipinski definition) is 1. The van der Waals surface area contributed by atoms with E-state index in [9.17, 15) is 21.6 Å². The van der Waals surface area contributed by atoms with E-state index in [1.165, 1.54) is 56.0 Å². The van der Waals surface area contributed by atoms with Gasteiger partial charge in [-0.25, -0.2) is 16.8 Å². The zero-order valence-electron chi connectivity index (χ0n) is 20.7. The van der Waals surface area contributed by atoms with Crippen molar-refractivity contribution >= 4 is 37.3 Å². The molecule has 1 aliphatic heterocycles. The van der Waals surface area contributed by atoms with E-state index in [0.717, 1.165) is 29.8 Å². The maximum absolute atomic E-state index is 13.1. The lowest BCUT2D eigenvalue weighted by Crippen LogP contribution is -2.38. The standard InChI is InChI=1S/C23H31N3O8S2/c1-32-17-8-10-22(34-3)20(14-17)26(35(4,28)29)16-23(27)24-19-15-18(9-11-21(19)33-2)36(30,31)25-12-6-5-7-13-25/h8-11,14-15H,5-7,12-13,16H2,1-4H3,(H,24,27). The van der Waals surface area contributed by atoms with Crippen molar-refractivity contribution in [1.29, 1.82) is 0 Å². The predicted octanol–water partition coefficient (Wildman–Crippen LogP) is 2.29. The molecular weight excluding hydrogens is 510 g/mol. The molecule has 0 aromatic heterocycles. The number of nitrogens with one attached hydrogen (secondary N) is 1. The summed E-state index contributed by atoms with van der Waals surface area (Å²) in [6.45, 7) is 0.262. The first kappa shape index (κ1) is 27.6. The molecule has 11 nitrogen and oxygen atoms in total. The Kier molecular flexibility index (Phi) is 8.69. The summed E-state index contributed by atoms with van der Waals surface area (Å²) in [5.41, 5.74) is 0.217. The minimum Gasteiger partial charge on any atom is -0.497 e. The second-order valence-electron chi connectivity index (χ2n) is 8.18. The fraction of sp³-hybridized carbons (Fsp3) is 0.435. The van der Waals surface area contributed by atoms with Crippen molar-refractivity contribution in [2.24, 2.45) is 0 Å². The van der Waals surface area contributed by atoms with Gasteiger partial charge in [0.05, 0.1) is 43.9 Å². The molecule has 0 unspecified atom stereocenters. The topological polar surface area (TPSA) is 132 Å². The lowest BCUT2D eigenvalue weighted by molar-refractivity contribution is -0.114. The molecular formula is C23H31N3O8S2. The van der Waals surface area contributed by atoms with E-state index in [2.05, 4.69) is 5.32 Å². The first-order valence-electron chi connectivity index (χ1n) is 11.2. The number of methoxy groups -OCH3 is 3. The van der Waals surface area contributed by atoms with E-state index in [-0.39, 0.29) is 27.8 Å². The van der Waals surface area contributed by atoms with Crippen LogP contribution in [0.25, 0.3) is 0 Å². The van der Waals surface area contributed by atoms with Gasteiger partial charge >= 0.3 is 0 Å². The van der Waals surface area contributed by atoms with Crippen molar-refractivity contribution < 1.29 is 35.8 Å². The van der Waals surface area contributed by atoms with E-state index >= 15 is 0 Å². The largest absolute Gasteiger partial charge is 0.497 e. The third-order valence-corrected chi connectivity index (χ3v) is 8.76. The molecule has 0 radical (unpaired) electrons. The number of carbonyl (C=O) groups is 1. The highest BCUT2D eigenvalue weighted by atomic mass is 32.2. The van der Waals surface area contributed by atoms with E-state index in [0.29, 0.717) is 18.8 Å². The molecule has 0 bridgehead atoms. The molecule has 36 heavy (non-hydrogen) atoms. The molecule has 1 saturated heterocycles. The highest BCUT2D eigenvalue weighted by Gasteiger charge is 2.28. The molecule has 3 rings (SSSR count). The summed E-state index contributed by atoms with van der Waals surface area (Å²) >= 11 is 0. The highest BCUT2D eigenvalue weighted by molar-refractivity contribution is 7.92. The van der Waals surface area contributed by atoms with Crippen LogP contribution < -0.4 is 23.8 Å². The van der Waals surface area contributed by atoms with Gasteiger partial charge in [-0.3, -0.25) is 9.10 Å². The maximum atomic E-state index is 13.1. The minimum absolute atomic E-state index is 0.00920. The molecule has 198 valence electrons. The fourth-order valence-electron chi connectivity index (χ4n) is 3.89. The summed E-state index contributed by atoms with van der Waals surface area (Å²) < 4.78 is 69.5. The zero-order chi connectivity index (χ0) is 26.5. The third-order valence-electron chi connectivity index (χ3n) is 5.74. The van der Waals surface area contributed by atoms with Gasteiger partial charge in [0.15, 0.2) is 0 Å². The summed E-state index contributed by atoms with van der Waals surface area (Å²) in [7, 11) is -3.49. The average molecular weight is 542 g/mol. The Morgan fingerprint density at radius 3 is 2.14 bits per heavy atom. The van der Waals surface area contributed by atoms with Crippen LogP contribution in [0.5, 0.6) is 17.2 Å².